The molecule has 0 spiro atoms. The van der Waals surface area contributed by atoms with Crippen molar-refractivity contribution in [1.82, 2.24) is 4.98 Å². The first kappa shape index (κ1) is 11.5. The molecule has 0 saturated heterocycles. The Hall–Kier alpha value is -2.56. The molecule has 3 rings (SSSR count). The Balaban J connectivity index is 1.76. The van der Waals surface area contributed by atoms with Gasteiger partial charge in [-0.3, -0.25) is 0 Å². The van der Waals surface area contributed by atoms with Gasteiger partial charge < -0.3 is 15.5 Å². The Morgan fingerprint density at radius 3 is 2.74 bits per heavy atom. The molecule has 5 heteroatoms. The molecule has 0 aliphatic carbocycles. The number of nitrogen functional groups attached to an aromatic ring is 1. The topological polar surface area (TPSA) is 64.1 Å². The highest BCUT2D eigenvalue weighted by Gasteiger charge is 2.05. The Kier molecular flexibility index (Phi) is 2.79. The van der Waals surface area contributed by atoms with Crippen molar-refractivity contribution in [3.8, 4) is 0 Å². The zero-order valence-electron chi connectivity index (χ0n) is 10.1. The monoisotopic (exact) mass is 257 g/mol. The molecule has 2 aromatic carbocycles. The van der Waals surface area contributed by atoms with E-state index in [4.69, 9.17) is 10.2 Å². The summed E-state index contributed by atoms with van der Waals surface area (Å²) in [4.78, 5) is 4.28. The van der Waals surface area contributed by atoms with Crippen LogP contribution < -0.4 is 11.1 Å². The molecule has 0 bridgehead atoms. The van der Waals surface area contributed by atoms with E-state index in [0.29, 0.717) is 23.8 Å². The van der Waals surface area contributed by atoms with Crippen molar-refractivity contribution in [2.75, 3.05) is 11.1 Å². The van der Waals surface area contributed by atoms with E-state index in [1.807, 2.05) is 0 Å². The van der Waals surface area contributed by atoms with E-state index >= 15 is 0 Å². The summed E-state index contributed by atoms with van der Waals surface area (Å²) in [5.41, 5.74) is 8.64. The van der Waals surface area contributed by atoms with Crippen molar-refractivity contribution in [1.29, 1.82) is 0 Å². The third-order valence-electron chi connectivity index (χ3n) is 2.77. The molecule has 1 aromatic heterocycles. The number of benzene rings is 2. The zero-order valence-corrected chi connectivity index (χ0v) is 10.1. The summed E-state index contributed by atoms with van der Waals surface area (Å²) in [7, 11) is 0. The SMILES string of the molecule is Nc1ccc2nc(NCc3ccc(F)cc3)oc2c1. The number of nitrogens with one attached hydrogen (secondary N) is 1. The third kappa shape index (κ3) is 2.49. The molecule has 3 aromatic rings. The lowest BCUT2D eigenvalue weighted by molar-refractivity contribution is 0.614. The third-order valence-corrected chi connectivity index (χ3v) is 2.77. The van der Waals surface area contributed by atoms with Gasteiger partial charge in [-0.25, -0.2) is 4.39 Å². The normalized spacial score (nSPS) is 10.8. The van der Waals surface area contributed by atoms with Crippen molar-refractivity contribution >= 4 is 22.8 Å². The van der Waals surface area contributed by atoms with Gasteiger partial charge in [0.05, 0.1) is 0 Å². The summed E-state index contributed by atoms with van der Waals surface area (Å²) in [6, 6.07) is 12.0. The summed E-state index contributed by atoms with van der Waals surface area (Å²) in [5, 5.41) is 3.05. The van der Waals surface area contributed by atoms with E-state index in [9.17, 15) is 4.39 Å². The van der Waals surface area contributed by atoms with Crippen molar-refractivity contribution in [2.24, 2.45) is 0 Å². The van der Waals surface area contributed by atoms with Crippen LogP contribution in [0.2, 0.25) is 0 Å². The number of anilines is 2. The van der Waals surface area contributed by atoms with Crippen LogP contribution in [-0.4, -0.2) is 4.98 Å². The van der Waals surface area contributed by atoms with Crippen LogP contribution in [0.3, 0.4) is 0 Å². The van der Waals surface area contributed by atoms with Gasteiger partial charge in [-0.2, -0.15) is 4.98 Å². The summed E-state index contributed by atoms with van der Waals surface area (Å²) in [5.74, 6) is -0.249. The fourth-order valence-electron chi connectivity index (χ4n) is 1.80. The lowest BCUT2D eigenvalue weighted by atomic mass is 10.2. The number of aromatic nitrogens is 1. The van der Waals surface area contributed by atoms with Gasteiger partial charge in [0.2, 0.25) is 0 Å². The molecule has 0 unspecified atom stereocenters. The molecule has 96 valence electrons. The lowest BCUT2D eigenvalue weighted by Gasteiger charge is -2.01. The largest absolute Gasteiger partial charge is 0.423 e. The fourth-order valence-corrected chi connectivity index (χ4v) is 1.80. The second kappa shape index (κ2) is 4.61. The number of nitrogens with zero attached hydrogens (tertiary/aromatic N) is 1. The Bertz CT molecular complexity index is 706. The van der Waals surface area contributed by atoms with Crippen molar-refractivity contribution in [3.63, 3.8) is 0 Å². The first-order valence-electron chi connectivity index (χ1n) is 5.85. The van der Waals surface area contributed by atoms with Gasteiger partial charge in [-0.1, -0.05) is 12.1 Å². The van der Waals surface area contributed by atoms with Crippen LogP contribution in [0.1, 0.15) is 5.56 Å². The van der Waals surface area contributed by atoms with E-state index in [1.54, 1.807) is 30.3 Å². The maximum Gasteiger partial charge on any atom is 0.295 e. The van der Waals surface area contributed by atoms with Crippen LogP contribution in [0.25, 0.3) is 11.1 Å². The maximum atomic E-state index is 12.8. The predicted molar refractivity (Wildman–Crippen MR) is 72.1 cm³/mol. The molecule has 0 aliphatic heterocycles. The lowest BCUT2D eigenvalue weighted by Crippen LogP contribution is -1.99. The molecule has 0 saturated carbocycles. The Labute approximate surface area is 109 Å². The van der Waals surface area contributed by atoms with Gasteiger partial charge in [0.15, 0.2) is 5.58 Å². The molecule has 1 heterocycles. The minimum Gasteiger partial charge on any atom is -0.423 e. The van der Waals surface area contributed by atoms with Gasteiger partial charge in [0, 0.05) is 18.3 Å². The first-order chi connectivity index (χ1) is 9.20. The molecule has 0 fully saturated rings. The molecular weight excluding hydrogens is 245 g/mol. The van der Waals surface area contributed by atoms with Crippen LogP contribution in [0, 0.1) is 5.82 Å². The standard InChI is InChI=1S/C14H12FN3O/c15-10-3-1-9(2-4-10)8-17-14-18-12-6-5-11(16)7-13(12)19-14/h1-7H,8,16H2,(H,17,18). The van der Waals surface area contributed by atoms with Gasteiger partial charge >= 0.3 is 0 Å². The van der Waals surface area contributed by atoms with Crippen LogP contribution in [-0.2, 0) is 6.54 Å². The molecule has 19 heavy (non-hydrogen) atoms. The number of hydrogen-bond acceptors (Lipinski definition) is 4. The van der Waals surface area contributed by atoms with Crippen LogP contribution in [0.4, 0.5) is 16.1 Å². The van der Waals surface area contributed by atoms with Crippen LogP contribution in [0.5, 0.6) is 0 Å². The molecule has 4 nitrogen and oxygen atoms in total. The quantitative estimate of drug-likeness (QED) is 0.707. The van der Waals surface area contributed by atoms with Crippen molar-refractivity contribution in [2.45, 2.75) is 6.54 Å². The minimum atomic E-state index is -0.249. The molecule has 0 amide bonds. The average Bonchev–Trinajstić information content (AvgIpc) is 2.80. The van der Waals surface area contributed by atoms with E-state index in [2.05, 4.69) is 10.3 Å². The maximum absolute atomic E-state index is 12.8. The van der Waals surface area contributed by atoms with Crippen molar-refractivity contribution < 1.29 is 8.81 Å². The summed E-state index contributed by atoms with van der Waals surface area (Å²) >= 11 is 0. The highest BCUT2D eigenvalue weighted by molar-refractivity contribution is 5.78. The molecule has 3 N–H and O–H groups in total. The minimum absolute atomic E-state index is 0.249. The Morgan fingerprint density at radius 2 is 1.95 bits per heavy atom. The van der Waals surface area contributed by atoms with E-state index < -0.39 is 0 Å². The molecule has 0 aliphatic rings. The smallest absolute Gasteiger partial charge is 0.295 e. The molecule has 0 radical (unpaired) electrons. The van der Waals surface area contributed by atoms with E-state index in [0.717, 1.165) is 11.1 Å². The summed E-state index contributed by atoms with van der Waals surface area (Å²) in [6.07, 6.45) is 0. The zero-order chi connectivity index (χ0) is 13.2. The highest BCUT2D eigenvalue weighted by Crippen LogP contribution is 2.21. The number of nitrogens with two attached hydrogens (primary N) is 1. The number of rotatable bonds is 3. The Morgan fingerprint density at radius 1 is 1.16 bits per heavy atom. The van der Waals surface area contributed by atoms with E-state index in [-0.39, 0.29) is 5.82 Å². The van der Waals surface area contributed by atoms with Crippen LogP contribution >= 0.6 is 0 Å². The van der Waals surface area contributed by atoms with Crippen molar-refractivity contribution in [3.05, 3.63) is 53.8 Å². The fraction of sp³-hybridized carbons (Fsp3) is 0.0714. The second-order valence-electron chi connectivity index (χ2n) is 4.23. The number of oxazole rings is 1. The highest BCUT2D eigenvalue weighted by atomic mass is 19.1. The van der Waals surface area contributed by atoms with E-state index in [1.165, 1.54) is 12.1 Å². The van der Waals surface area contributed by atoms with Crippen LogP contribution in [0.15, 0.2) is 46.9 Å². The number of halogens is 1. The average molecular weight is 257 g/mol. The second-order valence-corrected chi connectivity index (χ2v) is 4.23. The molecular formula is C14H12FN3O. The first-order valence-corrected chi connectivity index (χ1v) is 5.85. The number of hydrogen-bond donors (Lipinski definition) is 2. The predicted octanol–water partition coefficient (Wildman–Crippen LogP) is 3.16. The van der Waals surface area contributed by atoms with Gasteiger partial charge in [0.25, 0.3) is 6.01 Å². The van der Waals surface area contributed by atoms with Gasteiger partial charge in [-0.15, -0.1) is 0 Å². The molecule has 0 atom stereocenters. The number of fused-ring (bicyclic) bond motifs is 1. The van der Waals surface area contributed by atoms with Gasteiger partial charge in [-0.05, 0) is 29.8 Å². The van der Waals surface area contributed by atoms with Gasteiger partial charge in [0.1, 0.15) is 11.3 Å². The summed E-state index contributed by atoms with van der Waals surface area (Å²) < 4.78 is 18.3. The summed E-state index contributed by atoms with van der Waals surface area (Å²) in [6.45, 7) is 0.516.